The molecule has 0 aliphatic rings. The van der Waals surface area contributed by atoms with Gasteiger partial charge in [-0.25, -0.2) is 9.67 Å². The van der Waals surface area contributed by atoms with Crippen molar-refractivity contribution >= 4 is 21.6 Å². The lowest BCUT2D eigenvalue weighted by Gasteiger charge is -2.05. The predicted octanol–water partition coefficient (Wildman–Crippen LogP) is 2.94. The maximum atomic E-state index is 12.5. The molecule has 0 saturated heterocycles. The number of halogens is 4. The van der Waals surface area contributed by atoms with Gasteiger partial charge in [-0.05, 0) is 41.1 Å². The summed E-state index contributed by atoms with van der Waals surface area (Å²) in [6.07, 6.45) is -4.47. The summed E-state index contributed by atoms with van der Waals surface area (Å²) in [5, 5.41) is 3.49. The van der Waals surface area contributed by atoms with E-state index in [1.54, 1.807) is 6.07 Å². The standard InChI is InChI=1S/C10H8BrF3N4/c1-5-4-7(10(12,13)14)17-18(5)8-3-2-6(15)9(11)16-8/h2-4H,15H2,1H3. The molecule has 0 aliphatic heterocycles. The van der Waals surface area contributed by atoms with Gasteiger partial charge in [-0.15, -0.1) is 0 Å². The Kier molecular flexibility index (Phi) is 3.05. The van der Waals surface area contributed by atoms with Gasteiger partial charge in [0, 0.05) is 5.69 Å². The average Bonchev–Trinajstić information content (AvgIpc) is 2.64. The zero-order valence-electron chi connectivity index (χ0n) is 9.16. The van der Waals surface area contributed by atoms with Crippen molar-refractivity contribution in [3.63, 3.8) is 0 Å². The summed E-state index contributed by atoms with van der Waals surface area (Å²) in [4.78, 5) is 4.02. The Morgan fingerprint density at radius 2 is 2.00 bits per heavy atom. The van der Waals surface area contributed by atoms with E-state index in [0.29, 0.717) is 16.0 Å². The summed E-state index contributed by atoms with van der Waals surface area (Å²) in [5.41, 5.74) is 5.35. The van der Waals surface area contributed by atoms with E-state index in [9.17, 15) is 13.2 Å². The minimum atomic E-state index is -4.47. The van der Waals surface area contributed by atoms with Crippen LogP contribution in [0.5, 0.6) is 0 Å². The van der Waals surface area contributed by atoms with Crippen LogP contribution in [-0.4, -0.2) is 14.8 Å². The first kappa shape index (κ1) is 12.9. The van der Waals surface area contributed by atoms with E-state index in [0.717, 1.165) is 10.7 Å². The van der Waals surface area contributed by atoms with Crippen LogP contribution in [0.2, 0.25) is 0 Å². The molecular weight excluding hydrogens is 313 g/mol. The third-order valence-corrected chi connectivity index (χ3v) is 2.89. The van der Waals surface area contributed by atoms with Gasteiger partial charge in [0.25, 0.3) is 0 Å². The molecule has 0 bridgehead atoms. The summed E-state index contributed by atoms with van der Waals surface area (Å²) in [6.45, 7) is 1.52. The normalized spacial score (nSPS) is 11.8. The zero-order chi connectivity index (χ0) is 13.5. The summed E-state index contributed by atoms with van der Waals surface area (Å²) in [5.74, 6) is 0.268. The van der Waals surface area contributed by atoms with E-state index in [2.05, 4.69) is 26.0 Å². The number of aromatic nitrogens is 3. The Bertz CT molecular complexity index is 591. The molecule has 0 fully saturated rings. The Labute approximate surface area is 109 Å². The second-order valence-corrected chi connectivity index (χ2v) is 4.38. The molecule has 4 nitrogen and oxygen atoms in total. The Morgan fingerprint density at radius 3 is 2.50 bits per heavy atom. The van der Waals surface area contributed by atoms with Crippen LogP contribution in [0, 0.1) is 6.92 Å². The lowest BCUT2D eigenvalue weighted by atomic mass is 10.3. The highest BCUT2D eigenvalue weighted by molar-refractivity contribution is 9.10. The van der Waals surface area contributed by atoms with Gasteiger partial charge in [-0.1, -0.05) is 0 Å². The van der Waals surface area contributed by atoms with Gasteiger partial charge >= 0.3 is 6.18 Å². The van der Waals surface area contributed by atoms with Gasteiger partial charge in [0.15, 0.2) is 11.5 Å². The molecule has 2 heterocycles. The van der Waals surface area contributed by atoms with E-state index >= 15 is 0 Å². The van der Waals surface area contributed by atoms with Crippen molar-refractivity contribution in [2.24, 2.45) is 0 Å². The van der Waals surface area contributed by atoms with Crippen molar-refractivity contribution in [1.29, 1.82) is 0 Å². The van der Waals surface area contributed by atoms with E-state index in [-0.39, 0.29) is 5.82 Å². The van der Waals surface area contributed by atoms with Crippen molar-refractivity contribution in [3.8, 4) is 5.82 Å². The van der Waals surface area contributed by atoms with Crippen LogP contribution in [0.25, 0.3) is 5.82 Å². The van der Waals surface area contributed by atoms with Crippen LogP contribution in [0.1, 0.15) is 11.4 Å². The van der Waals surface area contributed by atoms with E-state index in [1.165, 1.54) is 13.0 Å². The number of hydrogen-bond donors (Lipinski definition) is 1. The topological polar surface area (TPSA) is 56.7 Å². The molecule has 2 rings (SSSR count). The quantitative estimate of drug-likeness (QED) is 0.822. The lowest BCUT2D eigenvalue weighted by molar-refractivity contribution is -0.141. The SMILES string of the molecule is Cc1cc(C(F)(F)F)nn1-c1ccc(N)c(Br)n1. The molecule has 0 unspecified atom stereocenters. The highest BCUT2D eigenvalue weighted by atomic mass is 79.9. The van der Waals surface area contributed by atoms with Crippen molar-refractivity contribution in [1.82, 2.24) is 14.8 Å². The molecule has 96 valence electrons. The molecule has 18 heavy (non-hydrogen) atoms. The van der Waals surface area contributed by atoms with Gasteiger partial charge in [-0.3, -0.25) is 0 Å². The smallest absolute Gasteiger partial charge is 0.397 e. The number of hydrogen-bond acceptors (Lipinski definition) is 3. The van der Waals surface area contributed by atoms with E-state index in [4.69, 9.17) is 5.73 Å². The summed E-state index contributed by atoms with van der Waals surface area (Å²) in [7, 11) is 0. The number of nitrogen functional groups attached to an aromatic ring is 1. The van der Waals surface area contributed by atoms with Crippen LogP contribution >= 0.6 is 15.9 Å². The Hall–Kier alpha value is -1.57. The molecule has 0 amide bonds. The molecule has 0 aliphatic carbocycles. The molecule has 2 aromatic rings. The van der Waals surface area contributed by atoms with E-state index < -0.39 is 11.9 Å². The van der Waals surface area contributed by atoms with Crippen LogP contribution in [0.4, 0.5) is 18.9 Å². The van der Waals surface area contributed by atoms with Gasteiger partial charge in [0.2, 0.25) is 0 Å². The maximum absolute atomic E-state index is 12.5. The fourth-order valence-corrected chi connectivity index (χ4v) is 1.71. The summed E-state index contributed by atoms with van der Waals surface area (Å²) >= 11 is 3.11. The number of anilines is 1. The summed E-state index contributed by atoms with van der Waals surface area (Å²) in [6, 6.07) is 4.01. The minimum Gasteiger partial charge on any atom is -0.397 e. The van der Waals surface area contributed by atoms with E-state index in [1.807, 2.05) is 0 Å². The largest absolute Gasteiger partial charge is 0.435 e. The number of alkyl halides is 3. The van der Waals surface area contributed by atoms with Gasteiger partial charge < -0.3 is 5.73 Å². The predicted molar refractivity (Wildman–Crippen MR) is 63.2 cm³/mol. The first-order valence-electron chi connectivity index (χ1n) is 4.85. The van der Waals surface area contributed by atoms with Crippen LogP contribution in [-0.2, 0) is 6.18 Å². The van der Waals surface area contributed by atoms with Gasteiger partial charge in [-0.2, -0.15) is 18.3 Å². The number of rotatable bonds is 1. The third kappa shape index (κ3) is 2.33. The number of nitrogens with two attached hydrogens (primary N) is 1. The van der Waals surface area contributed by atoms with Crippen molar-refractivity contribution < 1.29 is 13.2 Å². The minimum absolute atomic E-state index is 0.268. The second-order valence-electron chi connectivity index (χ2n) is 3.63. The fourth-order valence-electron chi connectivity index (χ4n) is 1.40. The molecule has 2 N–H and O–H groups in total. The van der Waals surface area contributed by atoms with Crippen molar-refractivity contribution in [2.45, 2.75) is 13.1 Å². The number of nitrogens with zero attached hydrogens (tertiary/aromatic N) is 3. The van der Waals surface area contributed by atoms with Crippen LogP contribution < -0.4 is 5.73 Å². The molecule has 2 aromatic heterocycles. The monoisotopic (exact) mass is 320 g/mol. The van der Waals surface area contributed by atoms with Crippen molar-refractivity contribution in [2.75, 3.05) is 5.73 Å². The second kappa shape index (κ2) is 4.27. The van der Waals surface area contributed by atoms with Gasteiger partial charge in [0.1, 0.15) is 4.60 Å². The zero-order valence-corrected chi connectivity index (χ0v) is 10.7. The molecule has 0 saturated carbocycles. The molecule has 0 spiro atoms. The highest BCUT2D eigenvalue weighted by Gasteiger charge is 2.34. The fraction of sp³-hybridized carbons (Fsp3) is 0.200. The lowest BCUT2D eigenvalue weighted by Crippen LogP contribution is -2.08. The number of pyridine rings is 1. The highest BCUT2D eigenvalue weighted by Crippen LogP contribution is 2.29. The van der Waals surface area contributed by atoms with Crippen molar-refractivity contribution in [3.05, 3.63) is 34.2 Å². The number of aryl methyl sites for hydroxylation is 1. The van der Waals surface area contributed by atoms with Crippen LogP contribution in [0.3, 0.4) is 0 Å². The maximum Gasteiger partial charge on any atom is 0.435 e. The summed E-state index contributed by atoms with van der Waals surface area (Å²) < 4.78 is 39.0. The molecule has 8 heteroatoms. The molecule has 0 atom stereocenters. The molecule has 0 aromatic carbocycles. The first-order valence-corrected chi connectivity index (χ1v) is 5.64. The molecular formula is C10H8BrF3N4. The first-order chi connectivity index (χ1) is 8.29. The Balaban J connectivity index is 2.51. The average molecular weight is 321 g/mol. The van der Waals surface area contributed by atoms with Gasteiger partial charge in [0.05, 0.1) is 5.69 Å². The Morgan fingerprint density at radius 1 is 1.33 bits per heavy atom. The third-order valence-electron chi connectivity index (χ3n) is 2.26. The molecule has 0 radical (unpaired) electrons. The van der Waals surface area contributed by atoms with Crippen LogP contribution in [0.15, 0.2) is 22.8 Å².